The summed E-state index contributed by atoms with van der Waals surface area (Å²) in [6.45, 7) is 5.74. The molecule has 0 bridgehead atoms. The molecule has 6 nitrogen and oxygen atoms in total. The van der Waals surface area contributed by atoms with Crippen molar-refractivity contribution in [2.75, 3.05) is 18.0 Å². The number of aromatic nitrogens is 3. The molecule has 2 heterocycles. The van der Waals surface area contributed by atoms with E-state index in [1.54, 1.807) is 0 Å². The number of nitrogens with zero attached hydrogens (tertiary/aromatic N) is 4. The van der Waals surface area contributed by atoms with Crippen LogP contribution < -0.4 is 4.90 Å². The van der Waals surface area contributed by atoms with Crippen molar-refractivity contribution in [2.45, 2.75) is 33.1 Å². The van der Waals surface area contributed by atoms with E-state index in [9.17, 15) is 9.90 Å². The largest absolute Gasteiger partial charge is 0.476 e. The maximum atomic E-state index is 11.5. The van der Waals surface area contributed by atoms with E-state index >= 15 is 0 Å². The molecule has 0 amide bonds. The Morgan fingerprint density at radius 3 is 2.45 bits per heavy atom. The Morgan fingerprint density at radius 2 is 1.82 bits per heavy atom. The number of hydrogen-bond acceptors (Lipinski definition) is 4. The van der Waals surface area contributed by atoms with Gasteiger partial charge in [0.25, 0.3) is 0 Å². The number of piperidine rings is 1. The minimum absolute atomic E-state index is 0.0279. The average molecular weight is 300 g/mol. The van der Waals surface area contributed by atoms with Gasteiger partial charge in [0.05, 0.1) is 5.69 Å². The quantitative estimate of drug-likeness (QED) is 0.943. The van der Waals surface area contributed by atoms with E-state index in [2.05, 4.69) is 10.2 Å². The minimum Gasteiger partial charge on any atom is -0.476 e. The van der Waals surface area contributed by atoms with E-state index in [0.717, 1.165) is 37.2 Å². The SMILES string of the molecule is Cc1ccc(-n2nc(C(=O)O)c(N3CCCCC3)n2)cc1C. The van der Waals surface area contributed by atoms with E-state index in [1.807, 2.05) is 36.9 Å². The van der Waals surface area contributed by atoms with Crippen LogP contribution in [0, 0.1) is 13.8 Å². The zero-order valence-corrected chi connectivity index (χ0v) is 12.9. The normalized spacial score (nSPS) is 15.1. The number of aromatic carboxylic acids is 1. The lowest BCUT2D eigenvalue weighted by Crippen LogP contribution is -2.31. The van der Waals surface area contributed by atoms with Crippen molar-refractivity contribution in [3.63, 3.8) is 0 Å². The molecule has 1 fully saturated rings. The van der Waals surface area contributed by atoms with Gasteiger partial charge in [-0.15, -0.1) is 15.0 Å². The molecule has 0 atom stereocenters. The number of anilines is 1. The van der Waals surface area contributed by atoms with E-state index in [1.165, 1.54) is 16.8 Å². The van der Waals surface area contributed by atoms with Crippen molar-refractivity contribution in [3.8, 4) is 5.69 Å². The van der Waals surface area contributed by atoms with Crippen LogP contribution in [0.25, 0.3) is 5.69 Å². The van der Waals surface area contributed by atoms with Crippen molar-refractivity contribution in [1.82, 2.24) is 15.0 Å². The summed E-state index contributed by atoms with van der Waals surface area (Å²) in [6, 6.07) is 5.88. The lowest BCUT2D eigenvalue weighted by Gasteiger charge is -2.26. The van der Waals surface area contributed by atoms with E-state index in [-0.39, 0.29) is 5.69 Å². The highest BCUT2D eigenvalue weighted by Gasteiger charge is 2.24. The fraction of sp³-hybridized carbons (Fsp3) is 0.438. The molecule has 2 aromatic rings. The molecule has 1 N–H and O–H groups in total. The van der Waals surface area contributed by atoms with Crippen molar-refractivity contribution in [1.29, 1.82) is 0 Å². The maximum absolute atomic E-state index is 11.5. The first kappa shape index (κ1) is 14.6. The predicted molar refractivity (Wildman–Crippen MR) is 83.9 cm³/mol. The molecule has 1 aromatic heterocycles. The summed E-state index contributed by atoms with van der Waals surface area (Å²) in [7, 11) is 0. The zero-order valence-electron chi connectivity index (χ0n) is 12.9. The van der Waals surface area contributed by atoms with Gasteiger partial charge in [-0.05, 0) is 56.4 Å². The Balaban J connectivity index is 2.02. The van der Waals surface area contributed by atoms with E-state index < -0.39 is 5.97 Å². The van der Waals surface area contributed by atoms with Crippen molar-refractivity contribution < 1.29 is 9.90 Å². The highest BCUT2D eigenvalue weighted by Crippen LogP contribution is 2.22. The molecule has 22 heavy (non-hydrogen) atoms. The third kappa shape index (κ3) is 2.68. The molecule has 116 valence electrons. The summed E-state index contributed by atoms with van der Waals surface area (Å²) in [4.78, 5) is 14.9. The maximum Gasteiger partial charge on any atom is 0.360 e. The van der Waals surface area contributed by atoms with Gasteiger partial charge in [-0.1, -0.05) is 6.07 Å². The summed E-state index contributed by atoms with van der Waals surface area (Å²) in [6.07, 6.45) is 3.31. The van der Waals surface area contributed by atoms with Crippen LogP contribution >= 0.6 is 0 Å². The summed E-state index contributed by atoms with van der Waals surface area (Å²) >= 11 is 0. The minimum atomic E-state index is -1.03. The summed E-state index contributed by atoms with van der Waals surface area (Å²) < 4.78 is 0. The second-order valence-corrected chi connectivity index (χ2v) is 5.78. The second kappa shape index (κ2) is 5.79. The Bertz CT molecular complexity index is 702. The first-order valence-corrected chi connectivity index (χ1v) is 7.59. The number of benzene rings is 1. The number of carboxylic acids is 1. The number of carboxylic acid groups (broad SMARTS) is 1. The van der Waals surface area contributed by atoms with Crippen LogP contribution in [0.15, 0.2) is 18.2 Å². The van der Waals surface area contributed by atoms with Gasteiger partial charge >= 0.3 is 5.97 Å². The lowest BCUT2D eigenvalue weighted by molar-refractivity contribution is 0.0690. The smallest absolute Gasteiger partial charge is 0.360 e. The fourth-order valence-electron chi connectivity index (χ4n) is 2.72. The van der Waals surface area contributed by atoms with Gasteiger partial charge in [-0.25, -0.2) is 4.79 Å². The third-order valence-corrected chi connectivity index (χ3v) is 4.18. The zero-order chi connectivity index (χ0) is 15.7. The predicted octanol–water partition coefficient (Wildman–Crippen LogP) is 2.57. The highest BCUT2D eigenvalue weighted by atomic mass is 16.4. The van der Waals surface area contributed by atoms with Gasteiger partial charge < -0.3 is 10.0 Å². The standard InChI is InChI=1S/C16H20N4O2/c1-11-6-7-13(10-12(11)2)20-17-14(16(21)22)15(18-20)19-8-4-3-5-9-19/h6-7,10H,3-5,8-9H2,1-2H3,(H,21,22). The second-order valence-electron chi connectivity index (χ2n) is 5.78. The van der Waals surface area contributed by atoms with Crippen molar-refractivity contribution >= 4 is 11.8 Å². The van der Waals surface area contributed by atoms with Crippen LogP contribution in [-0.4, -0.2) is 39.2 Å². The molecule has 1 aliphatic heterocycles. The lowest BCUT2D eigenvalue weighted by atomic mass is 10.1. The molecule has 6 heteroatoms. The average Bonchev–Trinajstić information content (AvgIpc) is 2.96. The van der Waals surface area contributed by atoms with Gasteiger partial charge in [0, 0.05) is 13.1 Å². The first-order chi connectivity index (χ1) is 10.6. The van der Waals surface area contributed by atoms with Crippen LogP contribution in [0.2, 0.25) is 0 Å². The van der Waals surface area contributed by atoms with Gasteiger partial charge in [0.15, 0.2) is 5.82 Å². The van der Waals surface area contributed by atoms with Gasteiger partial charge in [-0.2, -0.15) is 0 Å². The molecule has 0 unspecified atom stereocenters. The van der Waals surface area contributed by atoms with Crippen LogP contribution in [-0.2, 0) is 0 Å². The number of rotatable bonds is 3. The Labute approximate surface area is 129 Å². The van der Waals surface area contributed by atoms with E-state index in [4.69, 9.17) is 0 Å². The molecular formula is C16H20N4O2. The molecular weight excluding hydrogens is 280 g/mol. The third-order valence-electron chi connectivity index (χ3n) is 4.18. The molecule has 3 rings (SSSR count). The molecule has 1 aromatic carbocycles. The summed E-state index contributed by atoms with van der Waals surface area (Å²) in [5.41, 5.74) is 3.13. The topological polar surface area (TPSA) is 71.2 Å². The van der Waals surface area contributed by atoms with Crippen LogP contribution in [0.5, 0.6) is 0 Å². The fourth-order valence-corrected chi connectivity index (χ4v) is 2.72. The molecule has 0 radical (unpaired) electrons. The molecule has 0 spiro atoms. The van der Waals surface area contributed by atoms with E-state index in [0.29, 0.717) is 5.82 Å². The Hall–Kier alpha value is -2.37. The molecule has 0 aliphatic carbocycles. The first-order valence-electron chi connectivity index (χ1n) is 7.59. The van der Waals surface area contributed by atoms with Crippen molar-refractivity contribution in [3.05, 3.63) is 35.0 Å². The highest BCUT2D eigenvalue weighted by molar-refractivity contribution is 5.91. The van der Waals surface area contributed by atoms with Crippen LogP contribution in [0.4, 0.5) is 5.82 Å². The molecule has 1 aliphatic rings. The summed E-state index contributed by atoms with van der Waals surface area (Å²) in [5.74, 6) is -0.555. The molecule has 0 saturated carbocycles. The monoisotopic (exact) mass is 300 g/mol. The van der Waals surface area contributed by atoms with Crippen LogP contribution in [0.1, 0.15) is 40.9 Å². The van der Waals surface area contributed by atoms with Gasteiger partial charge in [0.1, 0.15) is 0 Å². The van der Waals surface area contributed by atoms with Crippen LogP contribution in [0.3, 0.4) is 0 Å². The number of carbonyl (C=O) groups is 1. The van der Waals surface area contributed by atoms with Crippen molar-refractivity contribution in [2.24, 2.45) is 0 Å². The Kier molecular flexibility index (Phi) is 3.83. The number of aryl methyl sites for hydroxylation is 2. The van der Waals surface area contributed by atoms with Gasteiger partial charge in [0.2, 0.25) is 5.69 Å². The molecule has 1 saturated heterocycles. The van der Waals surface area contributed by atoms with Gasteiger partial charge in [-0.3, -0.25) is 0 Å². The summed E-state index contributed by atoms with van der Waals surface area (Å²) in [5, 5.41) is 18.0. The Morgan fingerprint density at radius 1 is 1.09 bits per heavy atom. The number of hydrogen-bond donors (Lipinski definition) is 1.